The molecule has 6 aromatic rings. The molecular formula is C19H12N4S. The van der Waals surface area contributed by atoms with Crippen molar-refractivity contribution >= 4 is 59.5 Å². The van der Waals surface area contributed by atoms with E-state index >= 15 is 0 Å². The smallest absolute Gasteiger partial charge is 0.215 e. The zero-order valence-electron chi connectivity index (χ0n) is 12.9. The second kappa shape index (κ2) is 4.13. The summed E-state index contributed by atoms with van der Waals surface area (Å²) in [6.07, 6.45) is 1.86. The summed E-state index contributed by atoms with van der Waals surface area (Å²) in [5.41, 5.74) is 5.67. The van der Waals surface area contributed by atoms with E-state index in [2.05, 4.69) is 63.5 Å². The van der Waals surface area contributed by atoms with Gasteiger partial charge in [0.2, 0.25) is 5.78 Å². The van der Waals surface area contributed by atoms with E-state index in [-0.39, 0.29) is 0 Å². The zero-order valence-corrected chi connectivity index (χ0v) is 13.7. The highest BCUT2D eigenvalue weighted by Crippen LogP contribution is 2.38. The maximum absolute atomic E-state index is 4.98. The van der Waals surface area contributed by atoms with Gasteiger partial charge in [0.05, 0.1) is 31.5 Å². The van der Waals surface area contributed by atoms with Crippen molar-refractivity contribution in [3.05, 3.63) is 54.7 Å². The van der Waals surface area contributed by atoms with E-state index in [1.807, 2.05) is 12.3 Å². The van der Waals surface area contributed by atoms with Gasteiger partial charge < -0.3 is 4.57 Å². The third-order valence-electron chi connectivity index (χ3n) is 4.78. The molecule has 0 aliphatic rings. The summed E-state index contributed by atoms with van der Waals surface area (Å²) in [6.45, 7) is 0. The summed E-state index contributed by atoms with van der Waals surface area (Å²) in [5, 5.41) is 1.19. The average Bonchev–Trinajstić information content (AvgIpc) is 3.26. The number of para-hydroxylation sites is 2. The van der Waals surface area contributed by atoms with Crippen molar-refractivity contribution in [3.63, 3.8) is 0 Å². The first-order chi connectivity index (χ1) is 11.8. The Morgan fingerprint density at radius 1 is 0.875 bits per heavy atom. The number of hydrogen-bond acceptors (Lipinski definition) is 3. The van der Waals surface area contributed by atoms with E-state index in [4.69, 9.17) is 4.98 Å². The Morgan fingerprint density at radius 2 is 1.75 bits per heavy atom. The maximum atomic E-state index is 4.98. The van der Waals surface area contributed by atoms with E-state index in [1.165, 1.54) is 25.8 Å². The number of aryl methyl sites for hydroxylation is 1. The molecule has 0 aliphatic heterocycles. The van der Waals surface area contributed by atoms with Gasteiger partial charge in [-0.15, -0.1) is 11.3 Å². The predicted molar refractivity (Wildman–Crippen MR) is 99.9 cm³/mol. The molecule has 0 spiro atoms. The maximum Gasteiger partial charge on any atom is 0.215 e. The molecule has 0 radical (unpaired) electrons. The van der Waals surface area contributed by atoms with E-state index in [1.54, 1.807) is 11.3 Å². The third kappa shape index (κ3) is 1.35. The first-order valence-electron chi connectivity index (χ1n) is 7.85. The van der Waals surface area contributed by atoms with Crippen molar-refractivity contribution in [1.82, 2.24) is 18.9 Å². The molecule has 0 fully saturated rings. The van der Waals surface area contributed by atoms with Crippen LogP contribution in [-0.4, -0.2) is 18.9 Å². The van der Waals surface area contributed by atoms with Gasteiger partial charge in [0, 0.05) is 18.6 Å². The molecular weight excluding hydrogens is 316 g/mol. The monoisotopic (exact) mass is 328 g/mol. The number of thiophene rings is 1. The fraction of sp³-hybridized carbons (Fsp3) is 0.0526. The first-order valence-corrected chi connectivity index (χ1v) is 8.66. The van der Waals surface area contributed by atoms with Crippen molar-refractivity contribution in [3.8, 4) is 0 Å². The highest BCUT2D eigenvalue weighted by atomic mass is 32.1. The summed E-state index contributed by atoms with van der Waals surface area (Å²) >= 11 is 1.77. The van der Waals surface area contributed by atoms with Crippen molar-refractivity contribution in [2.75, 3.05) is 0 Å². The van der Waals surface area contributed by atoms with Crippen molar-refractivity contribution in [2.45, 2.75) is 0 Å². The van der Waals surface area contributed by atoms with Crippen LogP contribution in [0.5, 0.6) is 0 Å². The molecule has 5 heteroatoms. The number of benzene rings is 2. The molecule has 0 bridgehead atoms. The minimum atomic E-state index is 0.976. The number of hydrogen-bond donors (Lipinski definition) is 0. The summed E-state index contributed by atoms with van der Waals surface area (Å²) in [7, 11) is 2.08. The lowest BCUT2D eigenvalue weighted by Crippen LogP contribution is -1.87. The van der Waals surface area contributed by atoms with Gasteiger partial charge in [-0.2, -0.15) is 0 Å². The molecule has 24 heavy (non-hydrogen) atoms. The van der Waals surface area contributed by atoms with Gasteiger partial charge >= 0.3 is 0 Å². The molecule has 0 N–H and O–H groups in total. The number of rotatable bonds is 0. The Bertz CT molecular complexity index is 1420. The van der Waals surface area contributed by atoms with Gasteiger partial charge in [-0.05, 0) is 36.4 Å². The summed E-state index contributed by atoms with van der Waals surface area (Å²) < 4.78 is 6.84. The van der Waals surface area contributed by atoms with Crippen LogP contribution in [0.4, 0.5) is 0 Å². The van der Waals surface area contributed by atoms with Crippen molar-refractivity contribution in [1.29, 1.82) is 0 Å². The minimum absolute atomic E-state index is 0.976. The van der Waals surface area contributed by atoms with Crippen LogP contribution in [0.1, 0.15) is 0 Å². The number of aromatic nitrogens is 4. The lowest BCUT2D eigenvalue weighted by atomic mass is 10.2. The Labute approximate surface area is 140 Å². The first kappa shape index (κ1) is 12.5. The normalized spacial score (nSPS) is 12.4. The highest BCUT2D eigenvalue weighted by molar-refractivity contribution is 7.26. The Hall–Kier alpha value is -2.92. The van der Waals surface area contributed by atoms with E-state index in [9.17, 15) is 0 Å². The molecule has 0 saturated heterocycles. The Kier molecular flexibility index (Phi) is 2.15. The second-order valence-corrected chi connectivity index (χ2v) is 7.11. The molecule has 0 unspecified atom stereocenters. The van der Waals surface area contributed by atoms with Gasteiger partial charge in [-0.3, -0.25) is 9.38 Å². The molecule has 4 nitrogen and oxygen atoms in total. The van der Waals surface area contributed by atoms with E-state index in [0.29, 0.717) is 0 Å². The molecule has 0 amide bonds. The fourth-order valence-electron chi connectivity index (χ4n) is 3.69. The summed E-state index contributed by atoms with van der Waals surface area (Å²) in [4.78, 5) is 9.54. The highest BCUT2D eigenvalue weighted by Gasteiger charge is 2.17. The molecule has 4 heterocycles. The molecule has 0 aliphatic carbocycles. The van der Waals surface area contributed by atoms with Gasteiger partial charge in [-0.25, -0.2) is 4.98 Å². The van der Waals surface area contributed by atoms with Gasteiger partial charge in [0.1, 0.15) is 5.52 Å². The Balaban J connectivity index is 1.91. The van der Waals surface area contributed by atoms with Crippen LogP contribution >= 0.6 is 11.3 Å². The Morgan fingerprint density at radius 3 is 2.67 bits per heavy atom. The van der Waals surface area contributed by atoms with Crippen LogP contribution in [0.25, 0.3) is 48.1 Å². The number of fused-ring (bicyclic) bond motifs is 9. The van der Waals surface area contributed by atoms with Crippen LogP contribution < -0.4 is 0 Å². The van der Waals surface area contributed by atoms with Crippen molar-refractivity contribution < 1.29 is 0 Å². The standard InChI is InChI=1S/C19H12N4S/c1-22-12-5-2-3-6-13(12)23-14-9-8-11-16-15(7-4-10-20-16)24-18(11)17(14)21-19(22)23/h2-10H,1H3. The molecule has 4 aromatic heterocycles. The van der Waals surface area contributed by atoms with Crippen LogP contribution in [0, 0.1) is 0 Å². The molecule has 114 valence electrons. The van der Waals surface area contributed by atoms with Crippen molar-refractivity contribution in [2.24, 2.45) is 7.05 Å². The molecule has 6 rings (SSSR count). The summed E-state index contributed by atoms with van der Waals surface area (Å²) in [6, 6.07) is 16.9. The predicted octanol–water partition coefficient (Wildman–Crippen LogP) is 4.74. The van der Waals surface area contributed by atoms with Gasteiger partial charge in [-0.1, -0.05) is 12.1 Å². The lowest BCUT2D eigenvalue weighted by molar-refractivity contribution is 0.974. The largest absolute Gasteiger partial charge is 0.313 e. The van der Waals surface area contributed by atoms with E-state index in [0.717, 1.165) is 22.3 Å². The quantitative estimate of drug-likeness (QED) is 0.403. The van der Waals surface area contributed by atoms with Crippen LogP contribution in [0.15, 0.2) is 54.7 Å². The minimum Gasteiger partial charge on any atom is -0.313 e. The lowest BCUT2D eigenvalue weighted by Gasteiger charge is -1.96. The van der Waals surface area contributed by atoms with Crippen LogP contribution in [-0.2, 0) is 7.05 Å². The average molecular weight is 328 g/mol. The zero-order chi connectivity index (χ0) is 15.8. The third-order valence-corrected chi connectivity index (χ3v) is 5.95. The fourth-order valence-corrected chi connectivity index (χ4v) is 4.84. The van der Waals surface area contributed by atoms with Gasteiger partial charge in [0.15, 0.2) is 0 Å². The second-order valence-electron chi connectivity index (χ2n) is 6.06. The number of imidazole rings is 2. The number of pyridine rings is 1. The molecule has 0 saturated carbocycles. The topological polar surface area (TPSA) is 35.1 Å². The summed E-state index contributed by atoms with van der Waals surface area (Å²) in [5.74, 6) is 0.976. The SMILES string of the molecule is Cn1c2ccccc2n2c3ccc4c5ncccc5sc4c3nc12. The molecule has 2 aromatic carbocycles. The van der Waals surface area contributed by atoms with Crippen LogP contribution in [0.2, 0.25) is 0 Å². The van der Waals surface area contributed by atoms with Crippen LogP contribution in [0.3, 0.4) is 0 Å². The van der Waals surface area contributed by atoms with Gasteiger partial charge in [0.25, 0.3) is 0 Å². The molecule has 0 atom stereocenters. The number of nitrogens with zero attached hydrogens (tertiary/aromatic N) is 4. The van der Waals surface area contributed by atoms with E-state index < -0.39 is 0 Å².